The van der Waals surface area contributed by atoms with Gasteiger partial charge in [-0.05, 0) is 37.5 Å². The van der Waals surface area contributed by atoms with E-state index in [1.165, 1.54) is 12.8 Å². The van der Waals surface area contributed by atoms with Crippen LogP contribution in [0, 0.1) is 11.8 Å². The fourth-order valence-electron chi connectivity index (χ4n) is 4.66. The average molecular weight is 537 g/mol. The van der Waals surface area contributed by atoms with Gasteiger partial charge in [0.15, 0.2) is 0 Å². The number of esters is 2. The number of ether oxygens (including phenoxy) is 2. The van der Waals surface area contributed by atoms with E-state index in [1.54, 1.807) is 0 Å². The minimum atomic E-state index is -0.701. The summed E-state index contributed by atoms with van der Waals surface area (Å²) in [5.74, 6) is -1.31. The maximum Gasteiger partial charge on any atom is 0.331 e. The largest absolute Gasteiger partial charge is 0.460 e. The number of hydrogen-bond donors (Lipinski definition) is 4. The van der Waals surface area contributed by atoms with E-state index in [1.807, 2.05) is 27.7 Å². The number of amides is 4. The van der Waals surface area contributed by atoms with Crippen LogP contribution in [-0.4, -0.2) is 61.4 Å². The Morgan fingerprint density at radius 2 is 0.974 bits per heavy atom. The van der Waals surface area contributed by atoms with E-state index in [0.29, 0.717) is 0 Å². The first-order chi connectivity index (χ1) is 18.1. The topological polar surface area (TPSA) is 135 Å². The smallest absolute Gasteiger partial charge is 0.331 e. The van der Waals surface area contributed by atoms with Gasteiger partial charge in [-0.15, -0.1) is 0 Å². The van der Waals surface area contributed by atoms with Gasteiger partial charge in [0, 0.05) is 24.2 Å². The Labute approximate surface area is 227 Å². The molecule has 10 heteroatoms. The Morgan fingerprint density at radius 3 is 1.29 bits per heavy atom. The van der Waals surface area contributed by atoms with Crippen molar-refractivity contribution in [3.05, 3.63) is 12.2 Å². The molecule has 4 amide bonds. The molecule has 2 rings (SSSR count). The highest BCUT2D eigenvalue weighted by atomic mass is 16.5. The normalized spacial score (nSPS) is 18.6. The summed E-state index contributed by atoms with van der Waals surface area (Å²) >= 11 is 0. The van der Waals surface area contributed by atoms with E-state index < -0.39 is 11.9 Å². The first-order valence-corrected chi connectivity index (χ1v) is 14.3. The molecule has 0 aromatic rings. The number of rotatable bonds is 12. The first-order valence-electron chi connectivity index (χ1n) is 14.3. The maximum atomic E-state index is 12.4. The molecule has 216 valence electrons. The molecule has 2 aliphatic rings. The molecule has 0 spiro atoms. The zero-order valence-electron chi connectivity index (χ0n) is 23.6. The molecule has 0 unspecified atom stereocenters. The lowest BCUT2D eigenvalue weighted by molar-refractivity contribution is -0.141. The Balaban J connectivity index is 1.71. The van der Waals surface area contributed by atoms with Crippen molar-refractivity contribution < 1.29 is 28.7 Å². The van der Waals surface area contributed by atoms with Crippen molar-refractivity contribution in [2.45, 2.75) is 116 Å². The van der Waals surface area contributed by atoms with Crippen LogP contribution >= 0.6 is 0 Å². The Morgan fingerprint density at radius 1 is 0.632 bits per heavy atom. The van der Waals surface area contributed by atoms with E-state index in [4.69, 9.17) is 9.47 Å². The molecule has 0 radical (unpaired) electrons. The molecule has 2 fully saturated rings. The quantitative estimate of drug-likeness (QED) is 0.220. The van der Waals surface area contributed by atoms with Gasteiger partial charge in [-0.2, -0.15) is 0 Å². The summed E-state index contributed by atoms with van der Waals surface area (Å²) in [5, 5.41) is 11.8. The minimum Gasteiger partial charge on any atom is -0.460 e. The fourth-order valence-corrected chi connectivity index (χ4v) is 4.66. The zero-order chi connectivity index (χ0) is 27.9. The summed E-state index contributed by atoms with van der Waals surface area (Å²) in [5.41, 5.74) is 0. The van der Waals surface area contributed by atoms with Crippen LogP contribution < -0.4 is 21.3 Å². The monoisotopic (exact) mass is 536 g/mol. The zero-order valence-corrected chi connectivity index (χ0v) is 23.6. The average Bonchev–Trinajstić information content (AvgIpc) is 2.88. The van der Waals surface area contributed by atoms with Gasteiger partial charge in [0.1, 0.15) is 13.2 Å². The second-order valence-electron chi connectivity index (χ2n) is 11.2. The highest BCUT2D eigenvalue weighted by Gasteiger charge is 2.22. The lowest BCUT2D eigenvalue weighted by atomic mass is 9.96. The summed E-state index contributed by atoms with van der Waals surface area (Å²) in [4.78, 5) is 49.0. The van der Waals surface area contributed by atoms with Crippen molar-refractivity contribution in [2.75, 3.05) is 13.2 Å². The molecule has 0 aromatic heterocycles. The van der Waals surface area contributed by atoms with Gasteiger partial charge in [-0.1, -0.05) is 66.2 Å². The van der Waals surface area contributed by atoms with E-state index in [-0.39, 0.29) is 61.3 Å². The number of carbonyl (C=O) groups is 4. The van der Waals surface area contributed by atoms with Crippen LogP contribution in [0.2, 0.25) is 0 Å². The van der Waals surface area contributed by atoms with Crippen molar-refractivity contribution in [3.8, 4) is 0 Å². The third-order valence-corrected chi connectivity index (χ3v) is 7.29. The highest BCUT2D eigenvalue weighted by molar-refractivity contribution is 5.91. The van der Waals surface area contributed by atoms with Crippen LogP contribution in [0.3, 0.4) is 0 Å². The molecule has 2 saturated carbocycles. The van der Waals surface area contributed by atoms with Gasteiger partial charge in [0.2, 0.25) is 0 Å². The Bertz CT molecular complexity index is 724. The van der Waals surface area contributed by atoms with Gasteiger partial charge in [-0.25, -0.2) is 19.2 Å². The number of carbonyl (C=O) groups excluding carboxylic acids is 4. The van der Waals surface area contributed by atoms with Crippen molar-refractivity contribution in [3.63, 3.8) is 0 Å². The second-order valence-corrected chi connectivity index (χ2v) is 11.2. The van der Waals surface area contributed by atoms with Gasteiger partial charge < -0.3 is 30.7 Å². The molecular weight excluding hydrogens is 488 g/mol. The van der Waals surface area contributed by atoms with Gasteiger partial charge >= 0.3 is 24.0 Å². The molecule has 0 aliphatic heterocycles. The minimum absolute atomic E-state index is 0.0105. The Kier molecular flexibility index (Phi) is 14.0. The van der Waals surface area contributed by atoms with Crippen LogP contribution in [0.1, 0.15) is 91.9 Å². The van der Waals surface area contributed by atoms with Crippen LogP contribution in [0.4, 0.5) is 9.59 Å². The predicted octanol–water partition coefficient (Wildman–Crippen LogP) is 3.94. The molecule has 2 atom stereocenters. The van der Waals surface area contributed by atoms with Gasteiger partial charge in [-0.3, -0.25) is 0 Å². The summed E-state index contributed by atoms with van der Waals surface area (Å²) in [6.45, 7) is 7.71. The third kappa shape index (κ3) is 12.6. The highest BCUT2D eigenvalue weighted by Crippen LogP contribution is 2.18. The molecule has 10 nitrogen and oxygen atoms in total. The summed E-state index contributed by atoms with van der Waals surface area (Å²) < 4.78 is 10.5. The summed E-state index contributed by atoms with van der Waals surface area (Å²) in [6.07, 6.45) is 12.8. The molecule has 0 aromatic carbocycles. The molecule has 0 saturated heterocycles. The maximum absolute atomic E-state index is 12.4. The number of nitrogens with one attached hydrogen (secondary N) is 4. The van der Waals surface area contributed by atoms with Crippen LogP contribution in [0.15, 0.2) is 12.2 Å². The van der Waals surface area contributed by atoms with Gasteiger partial charge in [0.05, 0.1) is 12.1 Å². The number of urea groups is 2. The van der Waals surface area contributed by atoms with Crippen LogP contribution in [0.25, 0.3) is 0 Å². The third-order valence-electron chi connectivity index (χ3n) is 7.29. The van der Waals surface area contributed by atoms with Crippen molar-refractivity contribution in [1.29, 1.82) is 0 Å². The Hall–Kier alpha value is -2.78. The van der Waals surface area contributed by atoms with E-state index in [2.05, 4.69) is 21.3 Å². The van der Waals surface area contributed by atoms with Crippen LogP contribution in [0.5, 0.6) is 0 Å². The number of hydrogen-bond acceptors (Lipinski definition) is 6. The standard InChI is InChI=1S/C28H48N4O6/c1-19(2)23(31-27(35)29-21-11-7-5-8-12-21)17-37-25(33)15-16-26(34)38-18-24(20(3)4)32-28(36)30-22-13-9-6-10-14-22/h15-16,19-24H,5-14,17-18H2,1-4H3,(H2,29,31,35)(H2,30,32,36)/b16-15+/t23-,24-/m0/s1. The summed E-state index contributed by atoms with van der Waals surface area (Å²) in [6, 6.07) is -0.867. The molecule has 2 aliphatic carbocycles. The lowest BCUT2D eigenvalue weighted by Crippen LogP contribution is -2.50. The lowest BCUT2D eigenvalue weighted by Gasteiger charge is -2.26. The molecule has 4 N–H and O–H groups in total. The van der Waals surface area contributed by atoms with Crippen LogP contribution in [-0.2, 0) is 19.1 Å². The van der Waals surface area contributed by atoms with E-state index in [9.17, 15) is 19.2 Å². The SMILES string of the molecule is CC(C)[C@H](COC(=O)/C=C/C(=O)OC[C@H](NC(=O)NC1CCCCC1)C(C)C)NC(=O)NC1CCCCC1. The molecule has 0 heterocycles. The fraction of sp³-hybridized carbons (Fsp3) is 0.786. The first kappa shape index (κ1) is 31.4. The molecular formula is C28H48N4O6. The van der Waals surface area contributed by atoms with Crippen molar-refractivity contribution >= 4 is 24.0 Å². The van der Waals surface area contributed by atoms with Crippen molar-refractivity contribution in [1.82, 2.24) is 21.3 Å². The molecule has 38 heavy (non-hydrogen) atoms. The second kappa shape index (κ2) is 16.9. The molecule has 0 bridgehead atoms. The summed E-state index contributed by atoms with van der Waals surface area (Å²) in [7, 11) is 0. The van der Waals surface area contributed by atoms with Gasteiger partial charge in [0.25, 0.3) is 0 Å². The van der Waals surface area contributed by atoms with E-state index in [0.717, 1.165) is 63.5 Å². The van der Waals surface area contributed by atoms with E-state index >= 15 is 0 Å². The predicted molar refractivity (Wildman–Crippen MR) is 145 cm³/mol. The van der Waals surface area contributed by atoms with Crippen molar-refractivity contribution in [2.24, 2.45) is 11.8 Å².